The molecule has 0 saturated heterocycles. The minimum absolute atomic E-state index is 0.106. The average molecular weight is 617 g/mol. The van der Waals surface area contributed by atoms with E-state index in [0.717, 1.165) is 61.2 Å². The Hall–Kier alpha value is -4.73. The van der Waals surface area contributed by atoms with Gasteiger partial charge in [-0.1, -0.05) is 13.8 Å². The second-order valence-electron chi connectivity index (χ2n) is 11.3. The third-order valence-corrected chi connectivity index (χ3v) is 8.75. The number of H-pyrrole nitrogens is 2. The molecule has 4 heterocycles. The number of aliphatic imine (C=N–C) groups is 1. The summed E-state index contributed by atoms with van der Waals surface area (Å²) in [5.41, 5.74) is 9.96. The maximum Gasteiger partial charge on any atom is 0.305 e. The lowest BCUT2D eigenvalue weighted by molar-refractivity contribution is -0.141. The van der Waals surface area contributed by atoms with Gasteiger partial charge in [-0.2, -0.15) is 0 Å². The number of aromatic nitrogens is 2. The summed E-state index contributed by atoms with van der Waals surface area (Å²) in [6.45, 7) is 11.6. The van der Waals surface area contributed by atoms with Crippen LogP contribution in [0.25, 0.3) is 18.2 Å². The molecule has 0 aliphatic carbocycles. The molecule has 0 radical (unpaired) electrons. The summed E-state index contributed by atoms with van der Waals surface area (Å²) >= 11 is 0. The van der Waals surface area contributed by atoms with Gasteiger partial charge >= 0.3 is 11.9 Å². The van der Waals surface area contributed by atoms with Gasteiger partial charge in [0.25, 0.3) is 11.8 Å². The molecular formula is C35H42N4O6. The van der Waals surface area contributed by atoms with Gasteiger partial charge in [0.15, 0.2) is 0 Å². The van der Waals surface area contributed by atoms with Gasteiger partial charge in [-0.25, -0.2) is 4.99 Å². The average Bonchev–Trinajstić information content (AvgIpc) is 3.67. The lowest BCUT2D eigenvalue weighted by atomic mass is 10.0. The smallest absolute Gasteiger partial charge is 0.305 e. The van der Waals surface area contributed by atoms with Crippen LogP contribution in [0.1, 0.15) is 87.0 Å². The first-order valence-electron chi connectivity index (χ1n) is 15.3. The van der Waals surface area contributed by atoms with Crippen LogP contribution in [0.5, 0.6) is 0 Å². The van der Waals surface area contributed by atoms with E-state index >= 15 is 0 Å². The monoisotopic (exact) mass is 616 g/mol. The van der Waals surface area contributed by atoms with Crippen LogP contribution < -0.4 is 16.0 Å². The Kier molecular flexibility index (Phi) is 10.3. The highest BCUT2D eigenvalue weighted by Crippen LogP contribution is 2.28. The van der Waals surface area contributed by atoms with Crippen molar-refractivity contribution in [3.05, 3.63) is 72.3 Å². The molecule has 2 aromatic heterocycles. The lowest BCUT2D eigenvalue weighted by Gasteiger charge is -2.04. The van der Waals surface area contributed by atoms with E-state index in [0.29, 0.717) is 42.5 Å². The largest absolute Gasteiger partial charge is 0.469 e. The van der Waals surface area contributed by atoms with Gasteiger partial charge in [-0.3, -0.25) is 19.2 Å². The molecule has 45 heavy (non-hydrogen) atoms. The number of carbonyl (C=O) groups is 4. The highest BCUT2D eigenvalue weighted by atomic mass is 16.6. The third kappa shape index (κ3) is 6.84. The van der Waals surface area contributed by atoms with Crippen molar-refractivity contribution < 1.29 is 28.7 Å². The number of methoxy groups -OCH3 is 2. The molecular weight excluding hydrogens is 574 g/mol. The van der Waals surface area contributed by atoms with E-state index in [9.17, 15) is 19.2 Å². The van der Waals surface area contributed by atoms with Crippen molar-refractivity contribution in [2.24, 2.45) is 4.99 Å². The van der Waals surface area contributed by atoms with Crippen molar-refractivity contribution in [2.45, 2.75) is 80.1 Å². The first kappa shape index (κ1) is 33.2. The van der Waals surface area contributed by atoms with Crippen molar-refractivity contribution in [1.82, 2.24) is 15.3 Å². The first-order chi connectivity index (χ1) is 21.4. The quantitative estimate of drug-likeness (QED) is 0.260. The van der Waals surface area contributed by atoms with Gasteiger partial charge in [0, 0.05) is 51.8 Å². The SMILES string of the molecule is CCC1=C(C)C(=O)N=C1/C=c1\[nH]/c(=C\c2[nH]c(/C=C3\NC(=O)C(C)=C3CC)c(C)c2CC[13C](=O)OC)c(CC[13C](=O)OC)c1C. The van der Waals surface area contributed by atoms with Crippen molar-refractivity contribution >= 4 is 47.7 Å². The Morgan fingerprint density at radius 3 is 1.96 bits per heavy atom. The van der Waals surface area contributed by atoms with Crippen molar-refractivity contribution in [3.8, 4) is 0 Å². The second kappa shape index (κ2) is 13.9. The molecule has 2 aliphatic rings. The Morgan fingerprint density at radius 2 is 1.36 bits per heavy atom. The number of amides is 2. The normalized spacial score (nSPS) is 16.8. The number of rotatable bonds is 11. The number of aromatic amines is 2. The minimum Gasteiger partial charge on any atom is -0.469 e. The summed E-state index contributed by atoms with van der Waals surface area (Å²) in [5, 5.41) is 4.54. The van der Waals surface area contributed by atoms with Gasteiger partial charge in [0.1, 0.15) is 0 Å². The number of hydrogen-bond donors (Lipinski definition) is 3. The summed E-state index contributed by atoms with van der Waals surface area (Å²) < 4.78 is 9.83. The van der Waals surface area contributed by atoms with Crippen LogP contribution in [0.15, 0.2) is 33.0 Å². The summed E-state index contributed by atoms with van der Waals surface area (Å²) in [4.78, 5) is 60.3. The lowest BCUT2D eigenvalue weighted by Crippen LogP contribution is -2.15. The molecule has 0 bridgehead atoms. The molecule has 0 fully saturated rings. The molecule has 0 saturated carbocycles. The van der Waals surface area contributed by atoms with E-state index in [-0.39, 0.29) is 36.6 Å². The third-order valence-electron chi connectivity index (χ3n) is 8.75. The van der Waals surface area contributed by atoms with Crippen LogP contribution in [0.3, 0.4) is 0 Å². The van der Waals surface area contributed by atoms with Gasteiger partial charge in [-0.05, 0) is 105 Å². The van der Waals surface area contributed by atoms with Crippen molar-refractivity contribution in [3.63, 3.8) is 0 Å². The molecule has 2 aromatic rings. The zero-order valence-corrected chi connectivity index (χ0v) is 27.4. The maximum atomic E-state index is 12.4. The Morgan fingerprint density at radius 1 is 0.733 bits per heavy atom. The highest BCUT2D eigenvalue weighted by Gasteiger charge is 2.24. The summed E-state index contributed by atoms with van der Waals surface area (Å²) in [6.07, 6.45) is 8.45. The van der Waals surface area contributed by atoms with E-state index in [1.807, 2.05) is 52.8 Å². The van der Waals surface area contributed by atoms with Crippen LogP contribution in [0.2, 0.25) is 0 Å². The number of nitrogens with zero attached hydrogens (tertiary/aromatic N) is 1. The van der Waals surface area contributed by atoms with Gasteiger partial charge < -0.3 is 24.8 Å². The van der Waals surface area contributed by atoms with Crippen molar-refractivity contribution in [1.29, 1.82) is 0 Å². The number of esters is 2. The summed E-state index contributed by atoms with van der Waals surface area (Å²) in [5.74, 6) is -0.967. The minimum atomic E-state index is -0.318. The maximum absolute atomic E-state index is 12.4. The van der Waals surface area contributed by atoms with Crippen LogP contribution in [0.4, 0.5) is 0 Å². The van der Waals surface area contributed by atoms with Crippen LogP contribution >= 0.6 is 0 Å². The zero-order valence-electron chi connectivity index (χ0n) is 27.4. The zero-order chi connectivity index (χ0) is 33.0. The van der Waals surface area contributed by atoms with Crippen LogP contribution in [0, 0.1) is 13.8 Å². The molecule has 2 aliphatic heterocycles. The first-order valence-corrected chi connectivity index (χ1v) is 15.3. The molecule has 0 unspecified atom stereocenters. The molecule has 2 amide bonds. The Bertz CT molecular complexity index is 1830. The number of hydrogen-bond acceptors (Lipinski definition) is 6. The molecule has 0 atom stereocenters. The van der Waals surface area contributed by atoms with E-state index in [1.54, 1.807) is 6.92 Å². The fourth-order valence-corrected chi connectivity index (χ4v) is 5.98. The predicted octanol–water partition coefficient (Wildman–Crippen LogP) is 3.69. The van der Waals surface area contributed by atoms with Gasteiger partial charge in [0.05, 0.1) is 19.9 Å². The predicted molar refractivity (Wildman–Crippen MR) is 174 cm³/mol. The van der Waals surface area contributed by atoms with Crippen LogP contribution in [-0.4, -0.2) is 53.7 Å². The fourth-order valence-electron chi connectivity index (χ4n) is 5.98. The van der Waals surface area contributed by atoms with Crippen molar-refractivity contribution in [2.75, 3.05) is 14.2 Å². The second-order valence-corrected chi connectivity index (χ2v) is 11.3. The fraction of sp³-hybridized carbons (Fsp3) is 0.400. The standard InChI is InChI=1S/C35H42N4O6/c1-9-22-20(5)34(42)38-28(22)15-26-18(3)24(11-13-32(40)44-7)30(36-26)17-31-25(12-14-33(41)45-8)19(4)27(37-31)16-29-23(10-2)21(6)35(43)39-29/h15-17,36-37H,9-14H2,1-8H3,(H,38,42)/b27-16-,28-15-,31-17-/i32+1,33+1. The van der Waals surface area contributed by atoms with E-state index in [1.165, 1.54) is 14.2 Å². The topological polar surface area (TPSA) is 143 Å². The molecule has 0 aromatic carbocycles. The van der Waals surface area contributed by atoms with Gasteiger partial charge in [0.2, 0.25) is 0 Å². The Labute approximate surface area is 263 Å². The van der Waals surface area contributed by atoms with Crippen LogP contribution in [-0.2, 0) is 41.5 Å². The van der Waals surface area contributed by atoms with Gasteiger partial charge in [-0.15, -0.1) is 0 Å². The molecule has 10 nitrogen and oxygen atoms in total. The summed E-state index contributed by atoms with van der Waals surface area (Å²) in [7, 11) is 2.74. The molecule has 4 rings (SSSR count). The number of carbonyl (C=O) groups excluding carboxylic acids is 4. The van der Waals surface area contributed by atoms with E-state index in [2.05, 4.69) is 20.3 Å². The Balaban J connectivity index is 1.92. The van der Waals surface area contributed by atoms with E-state index < -0.39 is 0 Å². The van der Waals surface area contributed by atoms with E-state index in [4.69, 9.17) is 9.47 Å². The number of nitrogens with one attached hydrogen (secondary N) is 3. The number of ether oxygens (including phenoxy) is 2. The molecule has 10 heteroatoms. The molecule has 0 spiro atoms. The molecule has 238 valence electrons. The number of allylic oxidation sites excluding steroid dienone is 2. The highest BCUT2D eigenvalue weighted by molar-refractivity contribution is 6.30. The molecule has 3 N–H and O–H groups in total. The summed E-state index contributed by atoms with van der Waals surface area (Å²) in [6, 6.07) is 0.